The zero-order valence-electron chi connectivity index (χ0n) is 24.9. The van der Waals surface area contributed by atoms with Crippen LogP contribution in [0.15, 0.2) is 48.1 Å². The van der Waals surface area contributed by atoms with Crippen LogP contribution in [0, 0.1) is 17.8 Å². The van der Waals surface area contributed by atoms with Gasteiger partial charge in [0.25, 0.3) is 0 Å². The van der Waals surface area contributed by atoms with E-state index in [0.717, 1.165) is 25.7 Å². The molecule has 3 aliphatic carbocycles. The number of hydrogen-bond donors (Lipinski definition) is 3. The third kappa shape index (κ3) is 3.51. The van der Waals surface area contributed by atoms with E-state index in [1.165, 1.54) is 6.92 Å². The molecule has 0 aromatic heterocycles. The molecule has 230 valence electrons. The van der Waals surface area contributed by atoms with Crippen molar-refractivity contribution >= 4 is 11.8 Å². The lowest BCUT2D eigenvalue weighted by atomic mass is 9.53. The summed E-state index contributed by atoms with van der Waals surface area (Å²) in [5, 5.41) is 34.4. The first-order chi connectivity index (χ1) is 19.8. The van der Waals surface area contributed by atoms with Crippen LogP contribution in [0.3, 0.4) is 0 Å². The highest BCUT2D eigenvalue weighted by atomic mass is 16.9. The number of unbranched alkanes of at least 4 members (excludes halogenated alkanes) is 3. The topological polar surface area (TPSA) is 144 Å². The molecule has 6 rings (SSSR count). The highest BCUT2D eigenvalue weighted by Crippen LogP contribution is 2.73. The molecule has 42 heavy (non-hydrogen) atoms. The van der Waals surface area contributed by atoms with Gasteiger partial charge >= 0.3 is 11.9 Å². The van der Waals surface area contributed by atoms with Crippen LogP contribution in [0.5, 0.6) is 0 Å². The van der Waals surface area contributed by atoms with Gasteiger partial charge in [0.1, 0.15) is 30.0 Å². The Morgan fingerprint density at radius 2 is 1.90 bits per heavy atom. The molecule has 2 saturated carbocycles. The van der Waals surface area contributed by atoms with E-state index in [9.17, 15) is 24.9 Å². The van der Waals surface area contributed by atoms with Crippen LogP contribution in [-0.4, -0.2) is 86.5 Å². The SMILES string of the molecule is C=C(C)[C@@]12OC3(/C=C/C=C/CCCCC)O[C@@H]1C1[C@@H]4O[C@]4(CO)[C@@H](O)[C@]4(O)C(=O)C(C)=C[C@H]4[C@@]1(O3)[C@H](C)[C@H]2OC(C)=O. The molecule has 10 heteroatoms. The van der Waals surface area contributed by atoms with Gasteiger partial charge in [-0.3, -0.25) is 9.59 Å². The minimum atomic E-state index is -2.38. The van der Waals surface area contributed by atoms with Gasteiger partial charge in [0, 0.05) is 30.8 Å². The Hall–Kier alpha value is -2.18. The van der Waals surface area contributed by atoms with E-state index in [4.69, 9.17) is 23.7 Å². The molecular weight excluding hydrogens is 544 g/mol. The number of ether oxygens (including phenoxy) is 5. The Labute approximate surface area is 246 Å². The molecule has 0 aromatic rings. The molecule has 0 spiro atoms. The summed E-state index contributed by atoms with van der Waals surface area (Å²) in [5.74, 6) is -5.58. The van der Waals surface area contributed by atoms with Gasteiger partial charge in [0.15, 0.2) is 17.0 Å². The second-order valence-electron chi connectivity index (χ2n) is 12.9. The first-order valence-corrected chi connectivity index (χ1v) is 15.0. The lowest BCUT2D eigenvalue weighted by Gasteiger charge is -2.61. The fraction of sp³-hybridized carbons (Fsp3) is 0.688. The van der Waals surface area contributed by atoms with Crippen molar-refractivity contribution in [3.63, 3.8) is 0 Å². The van der Waals surface area contributed by atoms with E-state index >= 15 is 0 Å². The number of Topliss-reactive ketones (excluding diaryl/α,β-unsaturated/α-hetero) is 1. The summed E-state index contributed by atoms with van der Waals surface area (Å²) in [4.78, 5) is 26.2. The number of carbonyl (C=O) groups excluding carboxylic acids is 2. The summed E-state index contributed by atoms with van der Waals surface area (Å²) in [7, 11) is 0. The second-order valence-corrected chi connectivity index (χ2v) is 12.9. The molecule has 3 bridgehead atoms. The first-order valence-electron chi connectivity index (χ1n) is 15.0. The molecule has 6 aliphatic rings. The largest absolute Gasteiger partial charge is 0.459 e. The molecule has 3 heterocycles. The number of esters is 1. The molecule has 3 aliphatic heterocycles. The smallest absolute Gasteiger partial charge is 0.307 e. The van der Waals surface area contributed by atoms with Gasteiger partial charge in [0.2, 0.25) is 0 Å². The van der Waals surface area contributed by atoms with Gasteiger partial charge in [-0.1, -0.05) is 57.6 Å². The van der Waals surface area contributed by atoms with Crippen molar-refractivity contribution in [1.82, 2.24) is 0 Å². The molecule has 5 fully saturated rings. The van der Waals surface area contributed by atoms with Crippen LogP contribution in [0.25, 0.3) is 0 Å². The second kappa shape index (κ2) is 9.66. The van der Waals surface area contributed by atoms with Crippen LogP contribution >= 0.6 is 0 Å². The number of allylic oxidation sites excluding steroid dienone is 3. The average Bonchev–Trinajstić information content (AvgIpc) is 3.57. The Bertz CT molecular complexity index is 1290. The fourth-order valence-electron chi connectivity index (χ4n) is 8.66. The van der Waals surface area contributed by atoms with Crippen LogP contribution < -0.4 is 0 Å². The summed E-state index contributed by atoms with van der Waals surface area (Å²) in [5.41, 5.74) is -6.12. The molecule has 0 radical (unpaired) electrons. The number of fused-ring (bicyclic) bond motifs is 3. The maximum atomic E-state index is 13.7. The Morgan fingerprint density at radius 1 is 1.17 bits per heavy atom. The number of aliphatic hydroxyl groups excluding tert-OH is 2. The molecule has 0 amide bonds. The molecule has 12 atom stereocenters. The van der Waals surface area contributed by atoms with Gasteiger partial charge in [0.05, 0.1) is 12.2 Å². The van der Waals surface area contributed by atoms with Crippen molar-refractivity contribution in [3.05, 3.63) is 48.1 Å². The third-order valence-electron chi connectivity index (χ3n) is 10.6. The molecule has 3 N–H and O–H groups in total. The lowest BCUT2D eigenvalue weighted by molar-refractivity contribution is -0.407. The maximum absolute atomic E-state index is 13.7. The minimum Gasteiger partial charge on any atom is -0.459 e. The number of rotatable bonds is 9. The monoisotopic (exact) mass is 586 g/mol. The predicted molar refractivity (Wildman–Crippen MR) is 149 cm³/mol. The van der Waals surface area contributed by atoms with Crippen LogP contribution in [0.1, 0.15) is 60.3 Å². The fourth-order valence-corrected chi connectivity index (χ4v) is 8.66. The van der Waals surface area contributed by atoms with Crippen molar-refractivity contribution in [2.24, 2.45) is 17.8 Å². The van der Waals surface area contributed by atoms with Crippen molar-refractivity contribution < 1.29 is 48.6 Å². The van der Waals surface area contributed by atoms with Crippen LogP contribution in [0.2, 0.25) is 0 Å². The third-order valence-corrected chi connectivity index (χ3v) is 10.6. The highest BCUT2D eigenvalue weighted by molar-refractivity contribution is 6.05. The quantitative estimate of drug-likeness (QED) is 0.121. The molecule has 0 aromatic carbocycles. The maximum Gasteiger partial charge on any atom is 0.307 e. The molecular formula is C32H42O10. The zero-order chi connectivity index (χ0) is 30.5. The van der Waals surface area contributed by atoms with Gasteiger partial charge in [-0.2, -0.15) is 0 Å². The van der Waals surface area contributed by atoms with Gasteiger partial charge in [-0.05, 0) is 37.8 Å². The van der Waals surface area contributed by atoms with E-state index < -0.39 is 88.9 Å². The number of carbonyl (C=O) groups is 2. The number of aliphatic hydroxyl groups is 3. The Balaban J connectivity index is 1.55. The minimum absolute atomic E-state index is 0.248. The summed E-state index contributed by atoms with van der Waals surface area (Å²) in [6.07, 6.45) is 8.71. The standard InChI is InChI=1S/C32H42O10/c1-7-8-9-10-11-12-13-14-29-40-26-22-25-28(16-33,39-25)27(36)30(37)21(15-18(4)23(30)35)32(22,42-29)19(5)24(38-20(6)34)31(26,41-29)17(2)3/h11-15,19,21-22,24-27,33,36-37H,2,7-10,16H2,1,3-6H3/b12-11+,14-13+/t19-,21-,22?,24-,25+,26-,27-,28+,29?,30-,31+,32+/m1/s1. The molecule has 10 nitrogen and oxygen atoms in total. The van der Waals surface area contributed by atoms with Gasteiger partial charge in [-0.15, -0.1) is 0 Å². The van der Waals surface area contributed by atoms with Crippen molar-refractivity contribution in [3.8, 4) is 0 Å². The normalized spacial score (nSPS) is 50.0. The average molecular weight is 587 g/mol. The van der Waals surface area contributed by atoms with Crippen molar-refractivity contribution in [2.45, 2.75) is 113 Å². The summed E-state index contributed by atoms with van der Waals surface area (Å²) in [6, 6.07) is 0. The van der Waals surface area contributed by atoms with E-state index in [0.29, 0.717) is 5.57 Å². The number of ketones is 1. The summed E-state index contributed by atoms with van der Waals surface area (Å²) >= 11 is 0. The number of hydrogen-bond acceptors (Lipinski definition) is 10. The van der Waals surface area contributed by atoms with E-state index in [-0.39, 0.29) is 5.57 Å². The molecule has 3 saturated heterocycles. The van der Waals surface area contributed by atoms with Gasteiger partial charge in [-0.25, -0.2) is 0 Å². The Kier molecular flexibility index (Phi) is 6.87. The van der Waals surface area contributed by atoms with E-state index in [1.807, 2.05) is 19.1 Å². The Morgan fingerprint density at radius 3 is 2.55 bits per heavy atom. The van der Waals surface area contributed by atoms with Crippen molar-refractivity contribution in [2.75, 3.05) is 6.61 Å². The lowest BCUT2D eigenvalue weighted by Crippen LogP contribution is -2.76. The molecule has 2 unspecified atom stereocenters. The van der Waals surface area contributed by atoms with Crippen LogP contribution in [-0.2, 0) is 33.3 Å². The summed E-state index contributed by atoms with van der Waals surface area (Å²) in [6.45, 7) is 12.2. The first kappa shape index (κ1) is 29.9. The van der Waals surface area contributed by atoms with Gasteiger partial charge < -0.3 is 39.0 Å². The summed E-state index contributed by atoms with van der Waals surface area (Å²) < 4.78 is 32.4. The van der Waals surface area contributed by atoms with Crippen LogP contribution in [0.4, 0.5) is 0 Å². The van der Waals surface area contributed by atoms with E-state index in [1.54, 1.807) is 32.1 Å². The highest BCUT2D eigenvalue weighted by Gasteiger charge is 2.90. The zero-order valence-corrected chi connectivity index (χ0v) is 24.9. The van der Waals surface area contributed by atoms with Crippen molar-refractivity contribution in [1.29, 1.82) is 0 Å². The predicted octanol–water partition coefficient (Wildman–Crippen LogP) is 2.41. The van der Waals surface area contributed by atoms with E-state index in [2.05, 4.69) is 13.5 Å². The number of epoxide rings is 1.